The minimum Gasteiger partial charge on any atom is -0.312 e. The summed E-state index contributed by atoms with van der Waals surface area (Å²) in [6.45, 7) is 2.26. The van der Waals surface area contributed by atoms with Crippen molar-refractivity contribution >= 4 is 35.0 Å². The zero-order valence-corrected chi connectivity index (χ0v) is 15.6. The monoisotopic (exact) mass is 385 g/mol. The van der Waals surface area contributed by atoms with Crippen LogP contribution in [0.15, 0.2) is 48.5 Å². The molecule has 1 aliphatic rings. The van der Waals surface area contributed by atoms with E-state index in [4.69, 9.17) is 11.6 Å². The van der Waals surface area contributed by atoms with Crippen LogP contribution in [0.1, 0.15) is 17.5 Å². The van der Waals surface area contributed by atoms with Crippen LogP contribution in [-0.4, -0.2) is 24.3 Å². The van der Waals surface area contributed by atoms with Crippen LogP contribution < -0.4 is 15.8 Å². The van der Waals surface area contributed by atoms with Crippen molar-refractivity contribution in [1.82, 2.24) is 10.9 Å². The van der Waals surface area contributed by atoms with Gasteiger partial charge in [-0.05, 0) is 36.8 Å². The average Bonchev–Trinajstić information content (AvgIpc) is 3.04. The molecule has 2 aromatic carbocycles. The lowest BCUT2D eigenvalue weighted by atomic mass is 10.1. The van der Waals surface area contributed by atoms with E-state index in [1.165, 1.54) is 0 Å². The molecule has 1 fully saturated rings. The third-order valence-electron chi connectivity index (χ3n) is 4.44. The summed E-state index contributed by atoms with van der Waals surface area (Å²) in [5.41, 5.74) is 7.47. The highest BCUT2D eigenvalue weighted by molar-refractivity contribution is 6.30. The van der Waals surface area contributed by atoms with E-state index < -0.39 is 5.92 Å². The molecule has 1 heterocycles. The van der Waals surface area contributed by atoms with Crippen LogP contribution in [0.4, 0.5) is 5.69 Å². The quantitative estimate of drug-likeness (QED) is 0.793. The summed E-state index contributed by atoms with van der Waals surface area (Å²) in [7, 11) is 0. The number of halogens is 1. The van der Waals surface area contributed by atoms with Gasteiger partial charge in [0.2, 0.25) is 17.7 Å². The molecule has 0 aromatic heterocycles. The maximum Gasteiger partial charge on any atom is 0.243 e. The third kappa shape index (κ3) is 4.86. The van der Waals surface area contributed by atoms with Crippen LogP contribution in [-0.2, 0) is 20.8 Å². The van der Waals surface area contributed by atoms with Gasteiger partial charge >= 0.3 is 0 Å². The number of hydrazine groups is 1. The number of hydrogen-bond acceptors (Lipinski definition) is 3. The molecule has 0 bridgehead atoms. The second-order valence-electron chi connectivity index (χ2n) is 6.58. The summed E-state index contributed by atoms with van der Waals surface area (Å²) in [6, 6.07) is 14.5. The van der Waals surface area contributed by atoms with Crippen LogP contribution in [0.2, 0.25) is 5.02 Å². The number of aryl methyl sites for hydroxylation is 1. The predicted octanol–water partition coefficient (Wildman–Crippen LogP) is 2.39. The zero-order chi connectivity index (χ0) is 19.4. The van der Waals surface area contributed by atoms with Crippen LogP contribution in [0, 0.1) is 12.8 Å². The Bertz CT molecular complexity index is 850. The van der Waals surface area contributed by atoms with Crippen LogP contribution in [0.3, 0.4) is 0 Å². The average molecular weight is 386 g/mol. The first-order chi connectivity index (χ1) is 12.9. The predicted molar refractivity (Wildman–Crippen MR) is 103 cm³/mol. The SMILES string of the molecule is Cc1ccc(N2CC(C(=O)NNC(=O)Cc3ccc(Cl)cc3)CC2=O)cc1. The highest BCUT2D eigenvalue weighted by Crippen LogP contribution is 2.25. The molecule has 27 heavy (non-hydrogen) atoms. The first kappa shape index (κ1) is 18.9. The largest absolute Gasteiger partial charge is 0.312 e. The molecule has 0 saturated carbocycles. The van der Waals surface area contributed by atoms with Gasteiger partial charge in [0.15, 0.2) is 0 Å². The summed E-state index contributed by atoms with van der Waals surface area (Å²) < 4.78 is 0. The Kier molecular flexibility index (Phi) is 5.76. The summed E-state index contributed by atoms with van der Waals surface area (Å²) in [5, 5.41) is 0.594. The van der Waals surface area contributed by atoms with Gasteiger partial charge in [-0.3, -0.25) is 25.2 Å². The van der Waals surface area contributed by atoms with E-state index in [-0.39, 0.29) is 30.6 Å². The molecule has 6 nitrogen and oxygen atoms in total. The number of nitrogens with one attached hydrogen (secondary N) is 2. The van der Waals surface area contributed by atoms with Gasteiger partial charge in [0.1, 0.15) is 0 Å². The van der Waals surface area contributed by atoms with Crippen molar-refractivity contribution in [3.63, 3.8) is 0 Å². The highest BCUT2D eigenvalue weighted by Gasteiger charge is 2.35. The summed E-state index contributed by atoms with van der Waals surface area (Å²) in [6.07, 6.45) is 0.239. The molecule has 3 rings (SSSR count). The molecule has 140 valence electrons. The number of nitrogens with zero attached hydrogens (tertiary/aromatic N) is 1. The topological polar surface area (TPSA) is 78.5 Å². The lowest BCUT2D eigenvalue weighted by Crippen LogP contribution is -2.45. The molecule has 0 spiro atoms. The zero-order valence-electron chi connectivity index (χ0n) is 14.9. The molecular weight excluding hydrogens is 366 g/mol. The Labute approximate surface area is 162 Å². The normalized spacial score (nSPS) is 16.3. The second kappa shape index (κ2) is 8.22. The molecule has 0 aliphatic carbocycles. The summed E-state index contributed by atoms with van der Waals surface area (Å²) >= 11 is 5.81. The van der Waals surface area contributed by atoms with E-state index in [0.717, 1.165) is 16.8 Å². The van der Waals surface area contributed by atoms with Crippen LogP contribution >= 0.6 is 11.6 Å². The minimum absolute atomic E-state index is 0.105. The lowest BCUT2D eigenvalue weighted by Gasteiger charge is -2.17. The van der Waals surface area contributed by atoms with Gasteiger partial charge in [0.05, 0.1) is 12.3 Å². The number of rotatable bonds is 4. The highest BCUT2D eigenvalue weighted by atomic mass is 35.5. The number of carbonyl (C=O) groups excluding carboxylic acids is 3. The number of benzene rings is 2. The minimum atomic E-state index is -0.505. The van der Waals surface area contributed by atoms with Crippen molar-refractivity contribution in [1.29, 1.82) is 0 Å². The fourth-order valence-electron chi connectivity index (χ4n) is 2.92. The maximum absolute atomic E-state index is 12.3. The summed E-state index contributed by atoms with van der Waals surface area (Å²) in [4.78, 5) is 38.1. The number of amides is 3. The van der Waals surface area contributed by atoms with Crippen molar-refractivity contribution in [2.24, 2.45) is 5.92 Å². The molecule has 2 N–H and O–H groups in total. The smallest absolute Gasteiger partial charge is 0.243 e. The van der Waals surface area contributed by atoms with Crippen molar-refractivity contribution in [3.8, 4) is 0 Å². The van der Waals surface area contributed by atoms with Gasteiger partial charge in [0, 0.05) is 23.7 Å². The Morgan fingerprint density at radius 2 is 1.74 bits per heavy atom. The first-order valence-corrected chi connectivity index (χ1v) is 9.00. The fraction of sp³-hybridized carbons (Fsp3) is 0.250. The van der Waals surface area contributed by atoms with Gasteiger partial charge in [0.25, 0.3) is 0 Å². The molecule has 1 aliphatic heterocycles. The molecule has 0 radical (unpaired) electrons. The van der Waals surface area contributed by atoms with E-state index >= 15 is 0 Å². The van der Waals surface area contributed by atoms with E-state index in [1.54, 1.807) is 29.2 Å². The summed E-state index contributed by atoms with van der Waals surface area (Å²) in [5.74, 6) is -1.33. The molecular formula is C20H20ClN3O3. The van der Waals surface area contributed by atoms with Crippen molar-refractivity contribution < 1.29 is 14.4 Å². The molecule has 7 heteroatoms. The second-order valence-corrected chi connectivity index (χ2v) is 7.02. The molecule has 1 saturated heterocycles. The van der Waals surface area contributed by atoms with Crippen molar-refractivity contribution in [2.45, 2.75) is 19.8 Å². The van der Waals surface area contributed by atoms with E-state index in [2.05, 4.69) is 10.9 Å². The van der Waals surface area contributed by atoms with Crippen molar-refractivity contribution in [3.05, 3.63) is 64.7 Å². The Balaban J connectivity index is 1.51. The number of carbonyl (C=O) groups is 3. The van der Waals surface area contributed by atoms with Gasteiger partial charge in [-0.1, -0.05) is 41.4 Å². The Hall–Kier alpha value is -2.86. The van der Waals surface area contributed by atoms with Gasteiger partial charge < -0.3 is 4.90 Å². The van der Waals surface area contributed by atoms with Gasteiger partial charge in [-0.2, -0.15) is 0 Å². The number of hydrogen-bond donors (Lipinski definition) is 2. The van der Waals surface area contributed by atoms with E-state index in [0.29, 0.717) is 11.6 Å². The first-order valence-electron chi connectivity index (χ1n) is 8.62. The molecule has 1 unspecified atom stereocenters. The van der Waals surface area contributed by atoms with Gasteiger partial charge in [-0.15, -0.1) is 0 Å². The lowest BCUT2D eigenvalue weighted by molar-refractivity contribution is -0.131. The third-order valence-corrected chi connectivity index (χ3v) is 4.70. The van der Waals surface area contributed by atoms with E-state index in [9.17, 15) is 14.4 Å². The number of anilines is 1. The van der Waals surface area contributed by atoms with Crippen molar-refractivity contribution in [2.75, 3.05) is 11.4 Å². The molecule has 3 amide bonds. The molecule has 1 atom stereocenters. The van der Waals surface area contributed by atoms with E-state index in [1.807, 2.05) is 31.2 Å². The van der Waals surface area contributed by atoms with Crippen LogP contribution in [0.5, 0.6) is 0 Å². The fourth-order valence-corrected chi connectivity index (χ4v) is 3.05. The van der Waals surface area contributed by atoms with Crippen LogP contribution in [0.25, 0.3) is 0 Å². The Morgan fingerprint density at radius 1 is 1.07 bits per heavy atom. The van der Waals surface area contributed by atoms with Gasteiger partial charge in [-0.25, -0.2) is 0 Å². The maximum atomic E-state index is 12.3. The Morgan fingerprint density at radius 3 is 2.41 bits per heavy atom. The molecule has 2 aromatic rings. The standard InChI is InChI=1S/C20H20ClN3O3/c1-13-2-8-17(9-3-13)24-12-15(11-19(24)26)20(27)23-22-18(25)10-14-4-6-16(21)7-5-14/h2-9,15H,10-12H2,1H3,(H,22,25)(H,23,27).